The Morgan fingerprint density at radius 3 is 3.00 bits per heavy atom. The van der Waals surface area contributed by atoms with Crippen LogP contribution in [-0.4, -0.2) is 39.0 Å². The van der Waals surface area contributed by atoms with Crippen molar-refractivity contribution in [3.05, 3.63) is 0 Å². The van der Waals surface area contributed by atoms with Gasteiger partial charge < -0.3 is 9.45 Å². The van der Waals surface area contributed by atoms with Crippen LogP contribution in [0.15, 0.2) is 0 Å². The Bertz CT molecular complexity index is 175. The van der Waals surface area contributed by atoms with Crippen molar-refractivity contribution in [2.24, 2.45) is 5.92 Å². The molecule has 0 radical (unpaired) electrons. The Kier molecular flexibility index (Phi) is 4.91. The van der Waals surface area contributed by atoms with E-state index in [1.54, 1.807) is 0 Å². The van der Waals surface area contributed by atoms with Crippen LogP contribution in [0.5, 0.6) is 0 Å². The Hall–Kier alpha value is 0.0700. The quantitative estimate of drug-likeness (QED) is 0.704. The highest BCUT2D eigenvalue weighted by Crippen LogP contribution is 2.15. The normalized spacial score (nSPS) is 27.4. The van der Waals surface area contributed by atoms with Crippen LogP contribution in [-0.2, 0) is 11.1 Å². The first-order valence-electron chi connectivity index (χ1n) is 4.98. The van der Waals surface area contributed by atoms with Crippen LogP contribution in [0.25, 0.3) is 0 Å². The minimum absolute atomic E-state index is 0.422. The van der Waals surface area contributed by atoms with Gasteiger partial charge in [0, 0.05) is 6.54 Å². The summed E-state index contributed by atoms with van der Waals surface area (Å²) in [6.07, 6.45) is 3.46. The lowest BCUT2D eigenvalue weighted by Gasteiger charge is -2.30. The van der Waals surface area contributed by atoms with E-state index < -0.39 is 11.1 Å². The molecule has 0 aromatic heterocycles. The second kappa shape index (κ2) is 5.73. The number of hydrogen-bond donors (Lipinski definition) is 1. The monoisotopic (exact) mass is 205 g/mol. The van der Waals surface area contributed by atoms with Crippen molar-refractivity contribution in [1.29, 1.82) is 0 Å². The van der Waals surface area contributed by atoms with E-state index in [-0.39, 0.29) is 0 Å². The Labute approximate surface area is 82.8 Å². The summed E-state index contributed by atoms with van der Waals surface area (Å²) in [5.74, 6) is 1.22. The van der Waals surface area contributed by atoms with Crippen molar-refractivity contribution in [3.63, 3.8) is 0 Å². The van der Waals surface area contributed by atoms with Gasteiger partial charge in [-0.05, 0) is 38.3 Å². The highest BCUT2D eigenvalue weighted by atomic mass is 32.2. The molecule has 1 aliphatic rings. The van der Waals surface area contributed by atoms with E-state index in [2.05, 4.69) is 11.8 Å². The highest BCUT2D eigenvalue weighted by Gasteiger charge is 2.15. The Morgan fingerprint density at radius 2 is 2.38 bits per heavy atom. The highest BCUT2D eigenvalue weighted by molar-refractivity contribution is 7.79. The Morgan fingerprint density at radius 1 is 1.62 bits per heavy atom. The summed E-state index contributed by atoms with van der Waals surface area (Å²) in [7, 11) is 0. The lowest BCUT2D eigenvalue weighted by molar-refractivity contribution is 0.184. The molecule has 1 N–H and O–H groups in total. The van der Waals surface area contributed by atoms with Crippen molar-refractivity contribution in [1.82, 2.24) is 4.90 Å². The number of hydrogen-bond acceptors (Lipinski definition) is 2. The lowest BCUT2D eigenvalue weighted by atomic mass is 10.0. The zero-order valence-corrected chi connectivity index (χ0v) is 9.05. The first kappa shape index (κ1) is 11.1. The van der Waals surface area contributed by atoms with Crippen molar-refractivity contribution in [3.8, 4) is 0 Å². The summed E-state index contributed by atoms with van der Waals surface area (Å²) in [5, 5.41) is 0. The summed E-state index contributed by atoms with van der Waals surface area (Å²) in [4.78, 5) is 2.40. The molecule has 2 unspecified atom stereocenters. The number of rotatable bonds is 4. The van der Waals surface area contributed by atoms with Crippen molar-refractivity contribution >= 4 is 11.1 Å². The molecular formula is C9H19NO2S. The van der Waals surface area contributed by atoms with Gasteiger partial charge in [0.2, 0.25) is 0 Å². The summed E-state index contributed by atoms with van der Waals surface area (Å²) >= 11 is -1.61. The van der Waals surface area contributed by atoms with Gasteiger partial charge in [-0.25, -0.2) is 4.21 Å². The van der Waals surface area contributed by atoms with Crippen molar-refractivity contribution < 1.29 is 8.76 Å². The van der Waals surface area contributed by atoms with Crippen molar-refractivity contribution in [2.45, 2.75) is 26.2 Å². The van der Waals surface area contributed by atoms with Gasteiger partial charge in [0.25, 0.3) is 0 Å². The predicted octanol–water partition coefficient (Wildman–Crippen LogP) is 1.33. The first-order chi connectivity index (χ1) is 6.18. The van der Waals surface area contributed by atoms with Crippen LogP contribution in [0, 0.1) is 5.92 Å². The molecule has 4 heteroatoms. The Balaban J connectivity index is 2.10. The number of nitrogens with zero attached hydrogens (tertiary/aromatic N) is 1. The van der Waals surface area contributed by atoms with Crippen LogP contribution in [0.2, 0.25) is 0 Å². The lowest BCUT2D eigenvalue weighted by Crippen LogP contribution is -2.35. The standard InChI is InChI=1S/C9H19NO2S/c1-9-4-2-5-10(8-9)6-3-7-13(11)12/h9H,2-8H2,1H3,(H,11,12). The third kappa shape index (κ3) is 4.74. The van der Waals surface area contributed by atoms with Gasteiger partial charge in [0.1, 0.15) is 0 Å². The van der Waals surface area contributed by atoms with E-state index in [1.807, 2.05) is 0 Å². The fourth-order valence-corrected chi connectivity index (χ4v) is 2.28. The molecule has 0 amide bonds. The fourth-order valence-electron chi connectivity index (χ4n) is 1.90. The van der Waals surface area contributed by atoms with Crippen LogP contribution >= 0.6 is 0 Å². The fraction of sp³-hybridized carbons (Fsp3) is 1.00. The third-order valence-electron chi connectivity index (χ3n) is 2.53. The molecule has 0 saturated carbocycles. The van der Waals surface area contributed by atoms with Gasteiger partial charge in [-0.3, -0.25) is 0 Å². The molecule has 1 saturated heterocycles. The van der Waals surface area contributed by atoms with E-state index in [4.69, 9.17) is 4.55 Å². The van der Waals surface area contributed by atoms with Crippen molar-refractivity contribution in [2.75, 3.05) is 25.4 Å². The van der Waals surface area contributed by atoms with Crippen LogP contribution in [0.4, 0.5) is 0 Å². The maximum absolute atomic E-state index is 10.4. The zero-order chi connectivity index (χ0) is 9.68. The van der Waals surface area contributed by atoms with Crippen LogP contribution < -0.4 is 0 Å². The zero-order valence-electron chi connectivity index (χ0n) is 8.24. The van der Waals surface area contributed by atoms with Gasteiger partial charge in [0.15, 0.2) is 11.1 Å². The number of likely N-dealkylation sites (tertiary alicyclic amines) is 1. The molecule has 0 bridgehead atoms. The van der Waals surface area contributed by atoms with Gasteiger partial charge in [-0.2, -0.15) is 0 Å². The second-order valence-corrected chi connectivity index (χ2v) is 4.98. The van der Waals surface area contributed by atoms with Crippen LogP contribution in [0.3, 0.4) is 0 Å². The minimum atomic E-state index is -1.61. The SMILES string of the molecule is CC1CCCN(CCCS(=O)O)C1. The van der Waals surface area contributed by atoms with E-state index in [0.717, 1.165) is 25.4 Å². The molecule has 1 heterocycles. The summed E-state index contributed by atoms with van der Waals surface area (Å²) in [6, 6.07) is 0. The van der Waals surface area contributed by atoms with E-state index in [1.165, 1.54) is 19.4 Å². The topological polar surface area (TPSA) is 40.5 Å². The molecule has 3 nitrogen and oxygen atoms in total. The first-order valence-corrected chi connectivity index (χ1v) is 6.26. The summed E-state index contributed by atoms with van der Waals surface area (Å²) < 4.78 is 19.0. The molecule has 0 aliphatic carbocycles. The molecule has 78 valence electrons. The third-order valence-corrected chi connectivity index (χ3v) is 3.17. The largest absolute Gasteiger partial charge is 0.306 e. The van der Waals surface area contributed by atoms with E-state index in [0.29, 0.717) is 5.75 Å². The average molecular weight is 205 g/mol. The molecule has 1 fully saturated rings. The maximum atomic E-state index is 10.4. The van der Waals surface area contributed by atoms with Gasteiger partial charge in [-0.15, -0.1) is 0 Å². The van der Waals surface area contributed by atoms with E-state index >= 15 is 0 Å². The summed E-state index contributed by atoms with van der Waals surface area (Å²) in [6.45, 7) is 5.59. The van der Waals surface area contributed by atoms with Gasteiger partial charge in [-0.1, -0.05) is 6.92 Å². The van der Waals surface area contributed by atoms with Gasteiger partial charge in [0.05, 0.1) is 5.75 Å². The van der Waals surface area contributed by atoms with E-state index in [9.17, 15) is 4.21 Å². The molecule has 1 rings (SSSR count). The molecule has 1 aliphatic heterocycles. The predicted molar refractivity (Wildman–Crippen MR) is 55.1 cm³/mol. The molecule has 0 spiro atoms. The minimum Gasteiger partial charge on any atom is -0.306 e. The maximum Gasteiger partial charge on any atom is 0.152 e. The van der Waals surface area contributed by atoms with Crippen LogP contribution in [0.1, 0.15) is 26.2 Å². The number of piperidine rings is 1. The second-order valence-electron chi connectivity index (χ2n) is 3.93. The smallest absolute Gasteiger partial charge is 0.152 e. The average Bonchev–Trinajstić information content (AvgIpc) is 2.03. The molecular weight excluding hydrogens is 186 g/mol. The molecule has 0 aromatic carbocycles. The van der Waals surface area contributed by atoms with Gasteiger partial charge >= 0.3 is 0 Å². The molecule has 0 aromatic rings. The summed E-state index contributed by atoms with van der Waals surface area (Å²) in [5.41, 5.74) is 0. The molecule has 13 heavy (non-hydrogen) atoms. The molecule has 2 atom stereocenters.